The van der Waals surface area contributed by atoms with Crippen LogP contribution in [0.25, 0.3) is 10.2 Å². The molecular weight excluding hydrogens is 428 g/mol. The Morgan fingerprint density at radius 1 is 1.09 bits per heavy atom. The molecule has 1 aromatic heterocycles. The fraction of sp³-hybridized carbons (Fsp3) is 0.583. The zero-order chi connectivity index (χ0) is 23.1. The van der Waals surface area contributed by atoms with E-state index in [9.17, 15) is 14.4 Å². The molecule has 0 saturated carbocycles. The summed E-state index contributed by atoms with van der Waals surface area (Å²) in [6.07, 6.45) is 2.86. The van der Waals surface area contributed by atoms with E-state index in [1.807, 2.05) is 38.1 Å². The third kappa shape index (κ3) is 5.46. The zero-order valence-corrected chi connectivity index (χ0v) is 19.9. The van der Waals surface area contributed by atoms with Crippen molar-refractivity contribution < 1.29 is 23.9 Å². The van der Waals surface area contributed by atoms with Crippen molar-refractivity contribution in [3.63, 3.8) is 0 Å². The summed E-state index contributed by atoms with van der Waals surface area (Å²) in [6.45, 7) is 6.76. The summed E-state index contributed by atoms with van der Waals surface area (Å²) in [6, 6.07) is 7.93. The molecule has 2 heterocycles. The SMILES string of the molecule is CCOC(=O)C1CCN(C(=O)COC(=O)C(CC)(CC)Cc2nc3ccccc3s2)CC1. The van der Waals surface area contributed by atoms with Crippen LogP contribution in [0.3, 0.4) is 0 Å². The Morgan fingerprint density at radius 2 is 1.78 bits per heavy atom. The molecule has 7 nitrogen and oxygen atoms in total. The molecule has 1 saturated heterocycles. The molecule has 1 amide bonds. The minimum absolute atomic E-state index is 0.164. The number of aromatic nitrogens is 1. The van der Waals surface area contributed by atoms with E-state index < -0.39 is 5.41 Å². The molecule has 1 aliphatic rings. The lowest BCUT2D eigenvalue weighted by atomic mass is 9.79. The highest BCUT2D eigenvalue weighted by molar-refractivity contribution is 7.18. The van der Waals surface area contributed by atoms with Crippen molar-refractivity contribution in [2.24, 2.45) is 11.3 Å². The number of amides is 1. The highest BCUT2D eigenvalue weighted by atomic mass is 32.1. The van der Waals surface area contributed by atoms with Crippen molar-refractivity contribution in [3.8, 4) is 0 Å². The number of carbonyl (C=O) groups excluding carboxylic acids is 3. The summed E-state index contributed by atoms with van der Waals surface area (Å²) >= 11 is 1.59. The van der Waals surface area contributed by atoms with E-state index >= 15 is 0 Å². The van der Waals surface area contributed by atoms with Crippen molar-refractivity contribution in [2.75, 3.05) is 26.3 Å². The number of rotatable bonds is 9. The summed E-state index contributed by atoms with van der Waals surface area (Å²) in [5, 5.41) is 0.902. The highest BCUT2D eigenvalue weighted by Crippen LogP contribution is 2.35. The summed E-state index contributed by atoms with van der Waals surface area (Å²) in [7, 11) is 0. The number of piperidine rings is 1. The maximum Gasteiger partial charge on any atom is 0.312 e. The molecule has 1 aromatic carbocycles. The third-order valence-corrected chi connectivity index (χ3v) is 7.45. The van der Waals surface area contributed by atoms with Gasteiger partial charge >= 0.3 is 11.9 Å². The van der Waals surface area contributed by atoms with Crippen LogP contribution in [0.2, 0.25) is 0 Å². The van der Waals surface area contributed by atoms with Crippen molar-refractivity contribution in [1.29, 1.82) is 0 Å². The topological polar surface area (TPSA) is 85.8 Å². The first-order chi connectivity index (χ1) is 15.4. The fourth-order valence-electron chi connectivity index (χ4n) is 4.14. The molecule has 1 aliphatic heterocycles. The molecule has 0 aliphatic carbocycles. The van der Waals surface area contributed by atoms with Crippen molar-refractivity contribution in [3.05, 3.63) is 29.3 Å². The van der Waals surface area contributed by atoms with Crippen molar-refractivity contribution >= 4 is 39.4 Å². The van der Waals surface area contributed by atoms with Crippen LogP contribution in [0.5, 0.6) is 0 Å². The molecule has 8 heteroatoms. The number of esters is 2. The van der Waals surface area contributed by atoms with Gasteiger partial charge in [0, 0.05) is 19.5 Å². The maximum atomic E-state index is 13.1. The molecule has 0 spiro atoms. The van der Waals surface area contributed by atoms with Gasteiger partial charge in [-0.05, 0) is 44.7 Å². The second kappa shape index (κ2) is 10.9. The molecule has 0 N–H and O–H groups in total. The Labute approximate surface area is 193 Å². The van der Waals surface area contributed by atoms with Gasteiger partial charge in [0.05, 0.1) is 33.2 Å². The zero-order valence-electron chi connectivity index (χ0n) is 19.1. The third-order valence-electron chi connectivity index (χ3n) is 6.41. The van der Waals surface area contributed by atoms with Gasteiger partial charge in [-0.1, -0.05) is 26.0 Å². The van der Waals surface area contributed by atoms with E-state index in [1.54, 1.807) is 23.2 Å². The predicted molar refractivity (Wildman–Crippen MR) is 123 cm³/mol. The van der Waals surface area contributed by atoms with Gasteiger partial charge in [0.15, 0.2) is 6.61 Å². The Bertz CT molecular complexity index is 912. The number of likely N-dealkylation sites (tertiary alicyclic amines) is 1. The largest absolute Gasteiger partial charge is 0.466 e. The van der Waals surface area contributed by atoms with Crippen LogP contribution < -0.4 is 0 Å². The Balaban J connectivity index is 1.56. The molecular formula is C24H32N2O5S. The van der Waals surface area contributed by atoms with Gasteiger partial charge in [-0.2, -0.15) is 0 Å². The van der Waals surface area contributed by atoms with Gasteiger partial charge in [-0.3, -0.25) is 14.4 Å². The van der Waals surface area contributed by atoms with Crippen LogP contribution in [0.15, 0.2) is 24.3 Å². The molecule has 3 rings (SSSR count). The predicted octanol–water partition coefficient (Wildman–Crippen LogP) is 3.99. The van der Waals surface area contributed by atoms with Crippen LogP contribution in [-0.4, -0.2) is 54.0 Å². The van der Waals surface area contributed by atoms with E-state index in [-0.39, 0.29) is 30.4 Å². The molecule has 1 fully saturated rings. The Morgan fingerprint density at radius 3 is 2.41 bits per heavy atom. The van der Waals surface area contributed by atoms with Gasteiger partial charge in [-0.15, -0.1) is 11.3 Å². The Kier molecular flexibility index (Phi) is 8.23. The van der Waals surface area contributed by atoms with Crippen LogP contribution in [-0.2, 0) is 30.3 Å². The number of nitrogens with zero attached hydrogens (tertiary/aromatic N) is 2. The molecule has 0 radical (unpaired) electrons. The molecule has 0 atom stereocenters. The average molecular weight is 461 g/mol. The standard InChI is InChI=1S/C24H32N2O5S/c1-4-24(5-2,15-20-25-18-9-7-8-10-19(18)32-20)23(29)31-16-21(27)26-13-11-17(12-14-26)22(28)30-6-3/h7-10,17H,4-6,11-16H2,1-3H3. The summed E-state index contributed by atoms with van der Waals surface area (Å²) in [5.74, 6) is -0.932. The monoisotopic (exact) mass is 460 g/mol. The minimum atomic E-state index is -0.703. The second-order valence-electron chi connectivity index (χ2n) is 8.22. The number of fused-ring (bicyclic) bond motifs is 1. The number of carbonyl (C=O) groups is 3. The van der Waals surface area contributed by atoms with Gasteiger partial charge in [0.25, 0.3) is 5.91 Å². The van der Waals surface area contributed by atoms with E-state index in [4.69, 9.17) is 9.47 Å². The smallest absolute Gasteiger partial charge is 0.312 e. The number of para-hydroxylation sites is 1. The van der Waals surface area contributed by atoms with Gasteiger partial charge in [-0.25, -0.2) is 4.98 Å². The van der Waals surface area contributed by atoms with Gasteiger partial charge in [0.1, 0.15) is 0 Å². The second-order valence-corrected chi connectivity index (χ2v) is 9.34. The summed E-state index contributed by atoms with van der Waals surface area (Å²) in [4.78, 5) is 43.9. The summed E-state index contributed by atoms with van der Waals surface area (Å²) in [5.41, 5.74) is 0.230. The first kappa shape index (κ1) is 24.2. The lowest BCUT2D eigenvalue weighted by Gasteiger charge is -2.32. The summed E-state index contributed by atoms with van der Waals surface area (Å²) < 4.78 is 11.7. The fourth-order valence-corrected chi connectivity index (χ4v) is 5.25. The Hall–Kier alpha value is -2.48. The highest BCUT2D eigenvalue weighted by Gasteiger charge is 2.38. The van der Waals surface area contributed by atoms with Crippen LogP contribution in [0.4, 0.5) is 0 Å². The maximum absolute atomic E-state index is 13.1. The van der Waals surface area contributed by atoms with Gasteiger partial charge in [0.2, 0.25) is 0 Å². The van der Waals surface area contributed by atoms with Crippen molar-refractivity contribution in [2.45, 2.75) is 52.9 Å². The van der Waals surface area contributed by atoms with Crippen LogP contribution in [0.1, 0.15) is 51.5 Å². The first-order valence-electron chi connectivity index (χ1n) is 11.4. The number of thiazole rings is 1. The average Bonchev–Trinajstić information content (AvgIpc) is 3.23. The van der Waals surface area contributed by atoms with Gasteiger partial charge < -0.3 is 14.4 Å². The normalized spacial score (nSPS) is 15.0. The molecule has 174 valence electrons. The molecule has 32 heavy (non-hydrogen) atoms. The number of hydrogen-bond acceptors (Lipinski definition) is 7. The number of hydrogen-bond donors (Lipinski definition) is 0. The number of benzene rings is 1. The van der Waals surface area contributed by atoms with Crippen LogP contribution >= 0.6 is 11.3 Å². The van der Waals surface area contributed by atoms with Crippen LogP contribution in [0, 0.1) is 11.3 Å². The van der Waals surface area contributed by atoms with E-state index in [0.717, 1.165) is 15.2 Å². The van der Waals surface area contributed by atoms with E-state index in [0.29, 0.717) is 51.8 Å². The van der Waals surface area contributed by atoms with E-state index in [1.165, 1.54) is 0 Å². The number of ether oxygens (including phenoxy) is 2. The first-order valence-corrected chi connectivity index (χ1v) is 12.2. The molecule has 2 aromatic rings. The molecule has 0 unspecified atom stereocenters. The van der Waals surface area contributed by atoms with Crippen molar-refractivity contribution in [1.82, 2.24) is 9.88 Å². The quantitative estimate of drug-likeness (QED) is 0.526. The molecule has 0 bridgehead atoms. The van der Waals surface area contributed by atoms with E-state index in [2.05, 4.69) is 4.98 Å². The lowest BCUT2D eigenvalue weighted by Crippen LogP contribution is -2.43. The lowest BCUT2D eigenvalue weighted by molar-refractivity contribution is -0.162. The minimum Gasteiger partial charge on any atom is -0.466 e.